The smallest absolute Gasteiger partial charge is 0.384 e. The second-order valence-electron chi connectivity index (χ2n) is 3.80. The Balaban J connectivity index is 2.01. The van der Waals surface area contributed by atoms with E-state index < -0.39 is 11.7 Å². The first-order chi connectivity index (χ1) is 8.57. The molecule has 1 nitrogen and oxygen atoms in total. The molecule has 1 aromatic heterocycles. The van der Waals surface area contributed by atoms with Gasteiger partial charge in [-0.3, -0.25) is 0 Å². The second-order valence-corrected chi connectivity index (χ2v) is 4.83. The standard InChI is InChI=1S/C13H12F3NS/c14-13(15,16)11-5-1-2-6-12(11)17-8-7-10-4-3-9-18-10/h1-6,9,17H,7-8H2. The third-order valence-electron chi connectivity index (χ3n) is 2.50. The first-order valence-electron chi connectivity index (χ1n) is 5.50. The number of anilines is 1. The first-order valence-corrected chi connectivity index (χ1v) is 6.38. The molecule has 1 heterocycles. The van der Waals surface area contributed by atoms with E-state index in [1.165, 1.54) is 12.1 Å². The van der Waals surface area contributed by atoms with Gasteiger partial charge in [-0.2, -0.15) is 13.2 Å². The maximum atomic E-state index is 12.7. The van der Waals surface area contributed by atoms with Gasteiger partial charge in [-0.1, -0.05) is 18.2 Å². The molecule has 2 aromatic rings. The zero-order chi connectivity index (χ0) is 13.0. The molecule has 0 amide bonds. The lowest BCUT2D eigenvalue weighted by molar-refractivity contribution is -0.136. The maximum absolute atomic E-state index is 12.7. The first kappa shape index (κ1) is 13.0. The van der Waals surface area contributed by atoms with Gasteiger partial charge in [0.15, 0.2) is 0 Å². The third kappa shape index (κ3) is 3.26. The van der Waals surface area contributed by atoms with Crippen LogP contribution < -0.4 is 5.32 Å². The Labute approximate surface area is 107 Å². The zero-order valence-corrected chi connectivity index (χ0v) is 10.3. The van der Waals surface area contributed by atoms with E-state index in [-0.39, 0.29) is 5.69 Å². The molecule has 5 heteroatoms. The summed E-state index contributed by atoms with van der Waals surface area (Å²) in [7, 11) is 0. The Morgan fingerprint density at radius 1 is 1.06 bits per heavy atom. The summed E-state index contributed by atoms with van der Waals surface area (Å²) < 4.78 is 38.1. The predicted molar refractivity (Wildman–Crippen MR) is 68.0 cm³/mol. The van der Waals surface area contributed by atoms with Crippen LogP contribution in [0.25, 0.3) is 0 Å². The predicted octanol–water partition coefficient (Wildman–Crippen LogP) is 4.42. The molecule has 0 fully saturated rings. The van der Waals surface area contributed by atoms with Gasteiger partial charge >= 0.3 is 6.18 Å². The van der Waals surface area contributed by atoms with Gasteiger partial charge in [0.1, 0.15) is 0 Å². The number of alkyl halides is 3. The summed E-state index contributed by atoms with van der Waals surface area (Å²) in [4.78, 5) is 1.16. The zero-order valence-electron chi connectivity index (χ0n) is 9.50. The molecule has 0 saturated carbocycles. The molecule has 96 valence electrons. The summed E-state index contributed by atoms with van der Waals surface area (Å²) in [6.45, 7) is 0.494. The molecule has 0 spiro atoms. The van der Waals surface area contributed by atoms with Gasteiger partial charge in [0.05, 0.1) is 5.56 Å². The average Bonchev–Trinajstić information content (AvgIpc) is 2.81. The van der Waals surface area contributed by atoms with Gasteiger partial charge in [-0.25, -0.2) is 0 Å². The van der Waals surface area contributed by atoms with Crippen molar-refractivity contribution in [1.29, 1.82) is 0 Å². The van der Waals surface area contributed by atoms with Crippen molar-refractivity contribution in [2.45, 2.75) is 12.6 Å². The maximum Gasteiger partial charge on any atom is 0.418 e. The fourth-order valence-electron chi connectivity index (χ4n) is 1.66. The highest BCUT2D eigenvalue weighted by Crippen LogP contribution is 2.34. The molecule has 0 saturated heterocycles. The number of hydrogen-bond acceptors (Lipinski definition) is 2. The molecule has 0 unspecified atom stereocenters. The topological polar surface area (TPSA) is 12.0 Å². The Morgan fingerprint density at radius 3 is 2.50 bits per heavy atom. The van der Waals surface area contributed by atoms with Crippen LogP contribution in [0.15, 0.2) is 41.8 Å². The lowest BCUT2D eigenvalue weighted by Crippen LogP contribution is -2.12. The monoisotopic (exact) mass is 271 g/mol. The molecule has 0 bridgehead atoms. The van der Waals surface area contributed by atoms with Crippen LogP contribution in [0.2, 0.25) is 0 Å². The van der Waals surface area contributed by atoms with Crippen molar-refractivity contribution in [3.8, 4) is 0 Å². The molecule has 0 aliphatic carbocycles. The van der Waals surface area contributed by atoms with Gasteiger partial charge in [0.2, 0.25) is 0 Å². The number of nitrogens with one attached hydrogen (secondary N) is 1. The molecular formula is C13H12F3NS. The van der Waals surface area contributed by atoms with E-state index in [0.717, 1.165) is 17.4 Å². The number of rotatable bonds is 4. The minimum atomic E-state index is -4.31. The molecule has 0 radical (unpaired) electrons. The van der Waals surface area contributed by atoms with E-state index in [0.29, 0.717) is 6.54 Å². The quantitative estimate of drug-likeness (QED) is 0.868. The van der Waals surface area contributed by atoms with E-state index in [1.807, 2.05) is 17.5 Å². The van der Waals surface area contributed by atoms with Crippen LogP contribution in [0.5, 0.6) is 0 Å². The molecular weight excluding hydrogens is 259 g/mol. The molecule has 1 aromatic carbocycles. The Hall–Kier alpha value is -1.49. The largest absolute Gasteiger partial charge is 0.418 e. The van der Waals surface area contributed by atoms with Gasteiger partial charge in [-0.15, -0.1) is 11.3 Å². The van der Waals surface area contributed by atoms with E-state index in [2.05, 4.69) is 5.32 Å². The SMILES string of the molecule is FC(F)(F)c1ccccc1NCCc1cccs1. The summed E-state index contributed by atoms with van der Waals surface area (Å²) in [5.41, 5.74) is -0.474. The molecule has 18 heavy (non-hydrogen) atoms. The molecule has 1 N–H and O–H groups in total. The van der Waals surface area contributed by atoms with Crippen molar-refractivity contribution >= 4 is 17.0 Å². The summed E-state index contributed by atoms with van der Waals surface area (Å²) in [6, 6.07) is 9.45. The summed E-state index contributed by atoms with van der Waals surface area (Å²) in [6.07, 6.45) is -3.59. The van der Waals surface area contributed by atoms with Crippen LogP contribution in [-0.4, -0.2) is 6.54 Å². The van der Waals surface area contributed by atoms with Crippen LogP contribution in [-0.2, 0) is 12.6 Å². The highest BCUT2D eigenvalue weighted by Gasteiger charge is 2.32. The lowest BCUT2D eigenvalue weighted by atomic mass is 10.1. The van der Waals surface area contributed by atoms with Gasteiger partial charge in [0, 0.05) is 17.1 Å². The van der Waals surface area contributed by atoms with Crippen molar-refractivity contribution in [3.63, 3.8) is 0 Å². The van der Waals surface area contributed by atoms with Crippen LogP contribution in [0.4, 0.5) is 18.9 Å². The number of benzene rings is 1. The molecule has 0 aliphatic rings. The van der Waals surface area contributed by atoms with Crippen LogP contribution in [0.3, 0.4) is 0 Å². The number of para-hydroxylation sites is 1. The van der Waals surface area contributed by atoms with Crippen LogP contribution in [0.1, 0.15) is 10.4 Å². The number of hydrogen-bond donors (Lipinski definition) is 1. The van der Waals surface area contributed by atoms with Crippen molar-refractivity contribution < 1.29 is 13.2 Å². The Morgan fingerprint density at radius 2 is 1.83 bits per heavy atom. The average molecular weight is 271 g/mol. The fraction of sp³-hybridized carbons (Fsp3) is 0.231. The van der Waals surface area contributed by atoms with Crippen molar-refractivity contribution in [3.05, 3.63) is 52.2 Å². The van der Waals surface area contributed by atoms with Gasteiger partial charge in [0.25, 0.3) is 0 Å². The Bertz CT molecular complexity index is 491. The lowest BCUT2D eigenvalue weighted by Gasteiger charge is -2.13. The van der Waals surface area contributed by atoms with Crippen LogP contribution >= 0.6 is 11.3 Å². The van der Waals surface area contributed by atoms with E-state index in [9.17, 15) is 13.2 Å². The fourth-order valence-corrected chi connectivity index (χ4v) is 2.37. The summed E-state index contributed by atoms with van der Waals surface area (Å²) in [5, 5.41) is 4.80. The summed E-state index contributed by atoms with van der Waals surface area (Å²) >= 11 is 1.61. The van der Waals surface area contributed by atoms with Crippen molar-refractivity contribution in [2.24, 2.45) is 0 Å². The number of halogens is 3. The van der Waals surface area contributed by atoms with Gasteiger partial charge < -0.3 is 5.32 Å². The number of thiophene rings is 1. The third-order valence-corrected chi connectivity index (χ3v) is 3.44. The molecule has 0 atom stereocenters. The van der Waals surface area contributed by atoms with E-state index in [4.69, 9.17) is 0 Å². The van der Waals surface area contributed by atoms with Crippen molar-refractivity contribution in [1.82, 2.24) is 0 Å². The van der Waals surface area contributed by atoms with Crippen LogP contribution in [0, 0.1) is 0 Å². The minimum Gasteiger partial charge on any atom is -0.384 e. The Kier molecular flexibility index (Phi) is 3.91. The summed E-state index contributed by atoms with van der Waals surface area (Å²) in [5.74, 6) is 0. The van der Waals surface area contributed by atoms with E-state index >= 15 is 0 Å². The van der Waals surface area contributed by atoms with Crippen molar-refractivity contribution in [2.75, 3.05) is 11.9 Å². The normalized spacial score (nSPS) is 11.5. The molecule has 0 aliphatic heterocycles. The highest BCUT2D eigenvalue weighted by molar-refractivity contribution is 7.09. The van der Waals surface area contributed by atoms with Gasteiger partial charge in [-0.05, 0) is 30.0 Å². The molecule has 2 rings (SSSR count). The minimum absolute atomic E-state index is 0.140. The van der Waals surface area contributed by atoms with E-state index in [1.54, 1.807) is 17.4 Å². The second kappa shape index (κ2) is 5.44. The highest BCUT2D eigenvalue weighted by atomic mass is 32.1.